The molecule has 10 heavy (non-hydrogen) atoms. The molecule has 0 amide bonds. The molecule has 3 nitrogen and oxygen atoms in total. The SMILES string of the molecule is CNC(=S)NCCC(C)=O. The number of carbonyl (C=O) groups is 1. The van der Waals surface area contributed by atoms with Gasteiger partial charge in [0.15, 0.2) is 5.11 Å². The van der Waals surface area contributed by atoms with Crippen LogP contribution in [0.3, 0.4) is 0 Å². The summed E-state index contributed by atoms with van der Waals surface area (Å²) in [5, 5.41) is 6.20. The standard InChI is InChI=1S/C6H12N2OS/c1-5(9)3-4-8-6(10)7-2/h3-4H2,1-2H3,(H2,7,8,10). The van der Waals surface area contributed by atoms with E-state index in [1.807, 2.05) is 0 Å². The van der Waals surface area contributed by atoms with Crippen molar-refractivity contribution in [2.75, 3.05) is 13.6 Å². The van der Waals surface area contributed by atoms with Crippen molar-refractivity contribution in [3.05, 3.63) is 0 Å². The van der Waals surface area contributed by atoms with Crippen molar-refractivity contribution in [1.82, 2.24) is 10.6 Å². The largest absolute Gasteiger partial charge is 0.366 e. The molecule has 0 aromatic heterocycles. The van der Waals surface area contributed by atoms with E-state index in [-0.39, 0.29) is 5.78 Å². The molecule has 0 heterocycles. The average Bonchev–Trinajstić information content (AvgIpc) is 1.87. The van der Waals surface area contributed by atoms with Gasteiger partial charge in [0.05, 0.1) is 0 Å². The van der Waals surface area contributed by atoms with E-state index in [0.29, 0.717) is 18.1 Å². The molecule has 0 fully saturated rings. The van der Waals surface area contributed by atoms with Crippen LogP contribution in [0.15, 0.2) is 0 Å². The Morgan fingerprint density at radius 2 is 2.20 bits per heavy atom. The molecular weight excluding hydrogens is 148 g/mol. The Kier molecular flexibility index (Phi) is 4.84. The van der Waals surface area contributed by atoms with Crippen molar-refractivity contribution >= 4 is 23.1 Å². The Bertz CT molecular complexity index is 136. The van der Waals surface area contributed by atoms with Crippen LogP contribution in [0.5, 0.6) is 0 Å². The zero-order valence-electron chi connectivity index (χ0n) is 6.23. The molecule has 0 aromatic rings. The molecule has 0 atom stereocenters. The minimum absolute atomic E-state index is 0.173. The molecule has 4 heteroatoms. The van der Waals surface area contributed by atoms with Gasteiger partial charge in [-0.05, 0) is 19.1 Å². The second kappa shape index (κ2) is 5.17. The zero-order valence-corrected chi connectivity index (χ0v) is 7.05. The van der Waals surface area contributed by atoms with Gasteiger partial charge in [-0.2, -0.15) is 0 Å². The van der Waals surface area contributed by atoms with E-state index in [4.69, 9.17) is 12.2 Å². The lowest BCUT2D eigenvalue weighted by atomic mass is 10.3. The first-order valence-corrected chi connectivity index (χ1v) is 3.52. The third-order valence-electron chi connectivity index (χ3n) is 0.990. The van der Waals surface area contributed by atoms with Gasteiger partial charge in [0.1, 0.15) is 5.78 Å². The number of nitrogens with one attached hydrogen (secondary N) is 2. The third kappa shape index (κ3) is 5.50. The fourth-order valence-electron chi connectivity index (χ4n) is 0.440. The van der Waals surface area contributed by atoms with Crippen LogP contribution in [-0.2, 0) is 4.79 Å². The summed E-state index contributed by atoms with van der Waals surface area (Å²) < 4.78 is 0. The second-order valence-electron chi connectivity index (χ2n) is 1.96. The van der Waals surface area contributed by atoms with Crippen LogP contribution in [0, 0.1) is 0 Å². The highest BCUT2D eigenvalue weighted by molar-refractivity contribution is 7.80. The topological polar surface area (TPSA) is 41.1 Å². The van der Waals surface area contributed by atoms with E-state index in [2.05, 4.69) is 10.6 Å². The number of thiocarbonyl (C=S) groups is 1. The van der Waals surface area contributed by atoms with E-state index in [0.717, 1.165) is 0 Å². The molecule has 0 bridgehead atoms. The number of hydrogen-bond acceptors (Lipinski definition) is 2. The molecule has 0 aliphatic heterocycles. The number of carbonyl (C=O) groups excluding carboxylic acids is 1. The van der Waals surface area contributed by atoms with Gasteiger partial charge in [0.25, 0.3) is 0 Å². The van der Waals surface area contributed by atoms with Crippen molar-refractivity contribution in [2.45, 2.75) is 13.3 Å². The van der Waals surface area contributed by atoms with Crippen molar-refractivity contribution in [1.29, 1.82) is 0 Å². The van der Waals surface area contributed by atoms with Crippen LogP contribution in [0.1, 0.15) is 13.3 Å². The lowest BCUT2D eigenvalue weighted by molar-refractivity contribution is -0.116. The molecule has 0 aliphatic rings. The maximum absolute atomic E-state index is 10.4. The van der Waals surface area contributed by atoms with Gasteiger partial charge in [-0.25, -0.2) is 0 Å². The number of Topliss-reactive ketones (excluding diaryl/α,β-unsaturated/α-hetero) is 1. The van der Waals surface area contributed by atoms with E-state index < -0.39 is 0 Å². The monoisotopic (exact) mass is 160 g/mol. The molecule has 0 unspecified atom stereocenters. The van der Waals surface area contributed by atoms with Crippen molar-refractivity contribution < 1.29 is 4.79 Å². The quantitative estimate of drug-likeness (QED) is 0.573. The summed E-state index contributed by atoms with van der Waals surface area (Å²) in [4.78, 5) is 10.4. The maximum Gasteiger partial charge on any atom is 0.166 e. The Balaban J connectivity index is 3.20. The molecule has 0 aliphatic carbocycles. The Hall–Kier alpha value is -0.640. The molecule has 0 aromatic carbocycles. The molecule has 0 saturated carbocycles. The molecule has 0 rings (SSSR count). The number of ketones is 1. The average molecular weight is 160 g/mol. The predicted molar refractivity (Wildman–Crippen MR) is 45.0 cm³/mol. The van der Waals surface area contributed by atoms with Crippen LogP contribution in [-0.4, -0.2) is 24.5 Å². The van der Waals surface area contributed by atoms with Crippen LogP contribution in [0.25, 0.3) is 0 Å². The minimum atomic E-state index is 0.173. The highest BCUT2D eigenvalue weighted by Gasteiger charge is 1.92. The molecular formula is C6H12N2OS. The summed E-state index contributed by atoms with van der Waals surface area (Å²) in [5.41, 5.74) is 0. The van der Waals surface area contributed by atoms with Gasteiger partial charge < -0.3 is 10.6 Å². The van der Waals surface area contributed by atoms with Gasteiger partial charge in [0.2, 0.25) is 0 Å². The summed E-state index contributed by atoms with van der Waals surface area (Å²) in [6.07, 6.45) is 0.530. The summed E-state index contributed by atoms with van der Waals surface area (Å²) >= 11 is 4.77. The first kappa shape index (κ1) is 9.36. The number of hydrogen-bond donors (Lipinski definition) is 2. The minimum Gasteiger partial charge on any atom is -0.366 e. The van der Waals surface area contributed by atoms with Gasteiger partial charge >= 0.3 is 0 Å². The first-order chi connectivity index (χ1) is 4.66. The second-order valence-corrected chi connectivity index (χ2v) is 2.37. The summed E-state index contributed by atoms with van der Waals surface area (Å²) in [6.45, 7) is 2.18. The number of rotatable bonds is 3. The highest BCUT2D eigenvalue weighted by atomic mass is 32.1. The Morgan fingerprint density at radius 3 is 2.60 bits per heavy atom. The Morgan fingerprint density at radius 1 is 1.60 bits per heavy atom. The molecule has 0 saturated heterocycles. The summed E-state index contributed by atoms with van der Waals surface area (Å²) in [7, 11) is 1.74. The molecule has 2 N–H and O–H groups in total. The van der Waals surface area contributed by atoms with E-state index in [1.54, 1.807) is 14.0 Å². The van der Waals surface area contributed by atoms with Crippen LogP contribution in [0.2, 0.25) is 0 Å². The summed E-state index contributed by atoms with van der Waals surface area (Å²) in [5.74, 6) is 0.173. The van der Waals surface area contributed by atoms with Gasteiger partial charge in [0, 0.05) is 20.0 Å². The predicted octanol–water partition coefficient (Wildman–Crippen LogP) is 0.0594. The van der Waals surface area contributed by atoms with Crippen LogP contribution >= 0.6 is 12.2 Å². The van der Waals surface area contributed by atoms with Crippen LogP contribution in [0.4, 0.5) is 0 Å². The molecule has 0 radical (unpaired) electrons. The fourth-order valence-corrected chi connectivity index (χ4v) is 0.543. The van der Waals surface area contributed by atoms with Gasteiger partial charge in [-0.3, -0.25) is 4.79 Å². The van der Waals surface area contributed by atoms with Crippen molar-refractivity contribution in [3.8, 4) is 0 Å². The van der Waals surface area contributed by atoms with E-state index >= 15 is 0 Å². The fraction of sp³-hybridized carbons (Fsp3) is 0.667. The third-order valence-corrected chi connectivity index (χ3v) is 1.34. The smallest absolute Gasteiger partial charge is 0.166 e. The zero-order chi connectivity index (χ0) is 7.98. The highest BCUT2D eigenvalue weighted by Crippen LogP contribution is 1.77. The first-order valence-electron chi connectivity index (χ1n) is 3.12. The lowest BCUT2D eigenvalue weighted by Crippen LogP contribution is -2.33. The Labute approximate surface area is 66.2 Å². The van der Waals surface area contributed by atoms with Crippen LogP contribution < -0.4 is 10.6 Å². The van der Waals surface area contributed by atoms with E-state index in [9.17, 15) is 4.79 Å². The van der Waals surface area contributed by atoms with Gasteiger partial charge in [-0.15, -0.1) is 0 Å². The van der Waals surface area contributed by atoms with E-state index in [1.165, 1.54) is 0 Å². The van der Waals surface area contributed by atoms with Crippen molar-refractivity contribution in [2.24, 2.45) is 0 Å². The normalized spacial score (nSPS) is 8.60. The maximum atomic E-state index is 10.4. The van der Waals surface area contributed by atoms with Crippen molar-refractivity contribution in [3.63, 3.8) is 0 Å². The lowest BCUT2D eigenvalue weighted by Gasteiger charge is -2.03. The summed E-state index contributed by atoms with van der Waals surface area (Å²) in [6, 6.07) is 0. The van der Waals surface area contributed by atoms with Gasteiger partial charge in [-0.1, -0.05) is 0 Å². The molecule has 58 valence electrons. The molecule has 0 spiro atoms.